The van der Waals surface area contributed by atoms with E-state index in [1.807, 2.05) is 26.1 Å². The van der Waals surface area contributed by atoms with E-state index in [4.69, 9.17) is 11.6 Å². The van der Waals surface area contributed by atoms with Crippen LogP contribution in [0.4, 0.5) is 4.79 Å². The van der Waals surface area contributed by atoms with Crippen molar-refractivity contribution >= 4 is 29.4 Å². The highest BCUT2D eigenvalue weighted by Crippen LogP contribution is 2.14. The summed E-state index contributed by atoms with van der Waals surface area (Å²) in [5.74, 6) is 2.36. The smallest absolute Gasteiger partial charge is 0.315 e. The van der Waals surface area contributed by atoms with Crippen molar-refractivity contribution in [1.82, 2.24) is 30.4 Å². The lowest BCUT2D eigenvalue weighted by atomic mass is 10.3. The fourth-order valence-corrected chi connectivity index (χ4v) is 2.96. The number of aromatic nitrogens is 4. The first-order chi connectivity index (χ1) is 11.1. The van der Waals surface area contributed by atoms with E-state index < -0.39 is 0 Å². The van der Waals surface area contributed by atoms with Gasteiger partial charge in [0.15, 0.2) is 5.82 Å². The van der Waals surface area contributed by atoms with Crippen LogP contribution in [-0.4, -0.2) is 38.1 Å². The number of hydrogen-bond acceptors (Lipinski definition) is 5. The first kappa shape index (κ1) is 17.6. The van der Waals surface area contributed by atoms with Crippen molar-refractivity contribution in [2.45, 2.75) is 18.7 Å². The van der Waals surface area contributed by atoms with Crippen molar-refractivity contribution in [3.8, 4) is 0 Å². The van der Waals surface area contributed by atoms with Crippen LogP contribution in [0.15, 0.2) is 24.7 Å². The molecule has 0 radical (unpaired) electrons. The summed E-state index contributed by atoms with van der Waals surface area (Å²) in [5, 5.41) is 13.9. The van der Waals surface area contributed by atoms with Gasteiger partial charge in [-0.1, -0.05) is 11.6 Å². The number of pyridine rings is 1. The van der Waals surface area contributed by atoms with Gasteiger partial charge in [0.05, 0.1) is 6.04 Å². The zero-order valence-corrected chi connectivity index (χ0v) is 14.6. The molecule has 1 atom stereocenters. The molecular formula is C14H19ClN6OS. The van der Waals surface area contributed by atoms with Crippen LogP contribution in [0.25, 0.3) is 0 Å². The SMILES string of the molecule is C[C@@H](NC(=O)NCCSCc1ccnc(Cl)c1)c1nncn1C. The molecule has 0 saturated heterocycles. The molecule has 2 rings (SSSR count). The van der Waals surface area contributed by atoms with Gasteiger partial charge in [0.2, 0.25) is 0 Å². The van der Waals surface area contributed by atoms with E-state index >= 15 is 0 Å². The number of amides is 2. The lowest BCUT2D eigenvalue weighted by Gasteiger charge is -2.13. The Morgan fingerprint density at radius 1 is 1.52 bits per heavy atom. The number of hydrogen-bond donors (Lipinski definition) is 2. The van der Waals surface area contributed by atoms with E-state index in [9.17, 15) is 4.79 Å². The molecule has 7 nitrogen and oxygen atoms in total. The van der Waals surface area contributed by atoms with Crippen LogP contribution in [0.2, 0.25) is 5.15 Å². The van der Waals surface area contributed by atoms with E-state index in [0.29, 0.717) is 17.5 Å². The molecule has 2 heterocycles. The molecule has 0 bridgehead atoms. The van der Waals surface area contributed by atoms with Crippen LogP contribution in [0.3, 0.4) is 0 Å². The Kier molecular flexibility index (Phi) is 6.66. The molecular weight excluding hydrogens is 336 g/mol. The predicted octanol–water partition coefficient (Wildman–Crippen LogP) is 2.16. The summed E-state index contributed by atoms with van der Waals surface area (Å²) in [5.41, 5.74) is 1.12. The predicted molar refractivity (Wildman–Crippen MR) is 91.4 cm³/mol. The monoisotopic (exact) mass is 354 g/mol. The first-order valence-electron chi connectivity index (χ1n) is 7.12. The van der Waals surface area contributed by atoms with Gasteiger partial charge in [-0.2, -0.15) is 11.8 Å². The lowest BCUT2D eigenvalue weighted by molar-refractivity contribution is 0.238. The number of nitrogens with zero attached hydrogens (tertiary/aromatic N) is 4. The second-order valence-electron chi connectivity index (χ2n) is 4.96. The Hall–Kier alpha value is -1.80. The summed E-state index contributed by atoms with van der Waals surface area (Å²) < 4.78 is 1.78. The molecule has 0 aliphatic heterocycles. The summed E-state index contributed by atoms with van der Waals surface area (Å²) in [7, 11) is 1.84. The molecule has 0 saturated carbocycles. The molecule has 0 fully saturated rings. The standard InChI is InChI=1S/C14H19ClN6OS/c1-10(13-20-18-9-21(13)2)19-14(22)17-5-6-23-8-11-3-4-16-12(15)7-11/h3-4,7,9-10H,5-6,8H2,1-2H3,(H2,17,19,22)/t10-/m1/s1. The van der Waals surface area contributed by atoms with E-state index in [0.717, 1.165) is 17.1 Å². The third kappa shape index (κ3) is 5.72. The fourth-order valence-electron chi connectivity index (χ4n) is 1.96. The van der Waals surface area contributed by atoms with Crippen molar-refractivity contribution in [2.75, 3.05) is 12.3 Å². The van der Waals surface area contributed by atoms with E-state index in [1.54, 1.807) is 28.9 Å². The topological polar surface area (TPSA) is 84.7 Å². The Balaban J connectivity index is 1.62. The van der Waals surface area contributed by atoms with Gasteiger partial charge in [-0.3, -0.25) is 0 Å². The van der Waals surface area contributed by atoms with Gasteiger partial charge in [-0.15, -0.1) is 10.2 Å². The number of thioether (sulfide) groups is 1. The summed E-state index contributed by atoms with van der Waals surface area (Å²) in [6, 6.07) is 3.36. The molecule has 2 N–H and O–H groups in total. The largest absolute Gasteiger partial charge is 0.337 e. The van der Waals surface area contributed by atoms with E-state index in [2.05, 4.69) is 25.8 Å². The number of carbonyl (C=O) groups excluding carboxylic acids is 1. The highest BCUT2D eigenvalue weighted by Gasteiger charge is 2.13. The van der Waals surface area contributed by atoms with Crippen LogP contribution in [-0.2, 0) is 12.8 Å². The maximum Gasteiger partial charge on any atom is 0.315 e. The van der Waals surface area contributed by atoms with Crippen molar-refractivity contribution in [1.29, 1.82) is 0 Å². The number of aryl methyl sites for hydroxylation is 1. The average Bonchev–Trinajstić information content (AvgIpc) is 2.93. The van der Waals surface area contributed by atoms with E-state index in [-0.39, 0.29) is 12.1 Å². The lowest BCUT2D eigenvalue weighted by Crippen LogP contribution is -2.38. The molecule has 0 aromatic carbocycles. The van der Waals surface area contributed by atoms with Crippen LogP contribution < -0.4 is 10.6 Å². The molecule has 2 aromatic heterocycles. The minimum atomic E-state index is -0.215. The van der Waals surface area contributed by atoms with Gasteiger partial charge in [0.1, 0.15) is 11.5 Å². The van der Waals surface area contributed by atoms with Crippen LogP contribution in [0.1, 0.15) is 24.4 Å². The highest BCUT2D eigenvalue weighted by molar-refractivity contribution is 7.98. The number of nitrogens with one attached hydrogen (secondary N) is 2. The molecule has 0 spiro atoms. The molecule has 124 valence electrons. The zero-order chi connectivity index (χ0) is 16.7. The fraction of sp³-hybridized carbons (Fsp3) is 0.429. The Bertz CT molecular complexity index is 650. The van der Waals surface area contributed by atoms with Crippen molar-refractivity contribution in [3.63, 3.8) is 0 Å². The minimum Gasteiger partial charge on any atom is -0.337 e. The second kappa shape index (κ2) is 8.73. The van der Waals surface area contributed by atoms with Gasteiger partial charge < -0.3 is 15.2 Å². The zero-order valence-electron chi connectivity index (χ0n) is 13.0. The van der Waals surface area contributed by atoms with E-state index in [1.165, 1.54) is 0 Å². The quantitative estimate of drug-likeness (QED) is 0.588. The highest BCUT2D eigenvalue weighted by atomic mass is 35.5. The Morgan fingerprint density at radius 3 is 3.04 bits per heavy atom. The maximum absolute atomic E-state index is 11.8. The third-order valence-corrected chi connectivity index (χ3v) is 4.31. The molecule has 9 heteroatoms. The number of halogens is 1. The number of urea groups is 1. The van der Waals surface area contributed by atoms with Crippen molar-refractivity contribution in [2.24, 2.45) is 7.05 Å². The summed E-state index contributed by atoms with van der Waals surface area (Å²) in [4.78, 5) is 15.8. The molecule has 2 amide bonds. The minimum absolute atomic E-state index is 0.200. The number of carbonyl (C=O) groups is 1. The van der Waals surface area contributed by atoms with Crippen molar-refractivity contribution < 1.29 is 4.79 Å². The van der Waals surface area contributed by atoms with Crippen molar-refractivity contribution in [3.05, 3.63) is 41.2 Å². The van der Waals surface area contributed by atoms with Gasteiger partial charge in [0.25, 0.3) is 0 Å². The van der Waals surface area contributed by atoms with Gasteiger partial charge in [0, 0.05) is 31.3 Å². The van der Waals surface area contributed by atoms with Gasteiger partial charge >= 0.3 is 6.03 Å². The van der Waals surface area contributed by atoms with Crippen LogP contribution in [0.5, 0.6) is 0 Å². The van der Waals surface area contributed by atoms with Crippen LogP contribution in [0, 0.1) is 0 Å². The summed E-state index contributed by atoms with van der Waals surface area (Å²) in [6.07, 6.45) is 3.30. The third-order valence-electron chi connectivity index (χ3n) is 3.07. The maximum atomic E-state index is 11.8. The Morgan fingerprint density at radius 2 is 2.35 bits per heavy atom. The first-order valence-corrected chi connectivity index (χ1v) is 8.66. The average molecular weight is 355 g/mol. The van der Waals surface area contributed by atoms with Gasteiger partial charge in [-0.25, -0.2) is 9.78 Å². The molecule has 0 unspecified atom stereocenters. The normalized spacial score (nSPS) is 12.0. The molecule has 2 aromatic rings. The Labute approximate surface area is 144 Å². The molecule has 23 heavy (non-hydrogen) atoms. The second-order valence-corrected chi connectivity index (χ2v) is 6.45. The molecule has 0 aliphatic rings. The number of rotatable bonds is 7. The summed E-state index contributed by atoms with van der Waals surface area (Å²) >= 11 is 7.55. The van der Waals surface area contributed by atoms with Crippen LogP contribution >= 0.6 is 23.4 Å². The molecule has 0 aliphatic carbocycles. The summed E-state index contributed by atoms with van der Waals surface area (Å²) in [6.45, 7) is 2.45. The van der Waals surface area contributed by atoms with Gasteiger partial charge in [-0.05, 0) is 24.6 Å².